The zero-order valence-electron chi connectivity index (χ0n) is 9.99. The monoisotopic (exact) mass is 222 g/mol. The molecular weight excluding hydrogens is 204 g/mol. The number of aryl methyl sites for hydroxylation is 2. The average molecular weight is 222 g/mol. The van der Waals surface area contributed by atoms with Crippen molar-refractivity contribution in [3.05, 3.63) is 34.9 Å². The molecule has 1 atom stereocenters. The van der Waals surface area contributed by atoms with Crippen LogP contribution < -0.4 is 0 Å². The molecule has 0 fully saturated rings. The summed E-state index contributed by atoms with van der Waals surface area (Å²) in [7, 11) is 0. The van der Waals surface area contributed by atoms with Gasteiger partial charge in [-0.05, 0) is 31.4 Å². The molecule has 1 aromatic rings. The van der Waals surface area contributed by atoms with E-state index in [-0.39, 0.29) is 0 Å². The Kier molecular flexibility index (Phi) is 4.50. The zero-order chi connectivity index (χ0) is 12.1. The van der Waals surface area contributed by atoms with E-state index in [1.165, 1.54) is 5.56 Å². The van der Waals surface area contributed by atoms with E-state index in [1.807, 2.05) is 26.0 Å². The Morgan fingerprint density at radius 2 is 2.12 bits per heavy atom. The van der Waals surface area contributed by atoms with Crippen molar-refractivity contribution in [2.75, 3.05) is 0 Å². The van der Waals surface area contributed by atoms with Gasteiger partial charge >= 0.3 is 5.97 Å². The molecule has 16 heavy (non-hydrogen) atoms. The van der Waals surface area contributed by atoms with Crippen LogP contribution >= 0.6 is 0 Å². The molecule has 1 N–H and O–H groups in total. The van der Waals surface area contributed by atoms with E-state index in [4.69, 9.17) is 9.84 Å². The third-order valence-corrected chi connectivity index (χ3v) is 2.58. The maximum Gasteiger partial charge on any atom is 0.332 e. The second-order valence-electron chi connectivity index (χ2n) is 3.98. The van der Waals surface area contributed by atoms with Crippen molar-refractivity contribution < 1.29 is 14.6 Å². The van der Waals surface area contributed by atoms with Crippen molar-refractivity contribution >= 4 is 5.97 Å². The van der Waals surface area contributed by atoms with Gasteiger partial charge in [0.05, 0.1) is 6.61 Å². The van der Waals surface area contributed by atoms with Crippen LogP contribution in [0.1, 0.15) is 30.0 Å². The second-order valence-corrected chi connectivity index (χ2v) is 3.98. The molecule has 0 radical (unpaired) electrons. The van der Waals surface area contributed by atoms with Gasteiger partial charge in [0.15, 0.2) is 6.10 Å². The van der Waals surface area contributed by atoms with Gasteiger partial charge in [-0.1, -0.05) is 30.7 Å². The Balaban J connectivity index is 2.63. The highest BCUT2D eigenvalue weighted by molar-refractivity contribution is 5.72. The fourth-order valence-corrected chi connectivity index (χ4v) is 1.56. The first-order valence-electron chi connectivity index (χ1n) is 5.45. The van der Waals surface area contributed by atoms with Crippen LogP contribution in [0, 0.1) is 13.8 Å². The molecule has 0 spiro atoms. The van der Waals surface area contributed by atoms with Gasteiger partial charge in [-0.15, -0.1) is 0 Å². The standard InChI is InChI=1S/C13H18O3/c1-4-12(13(14)15)16-8-11-6-5-9(2)7-10(11)3/h5-7,12H,4,8H2,1-3H3,(H,14,15). The largest absolute Gasteiger partial charge is 0.479 e. The minimum atomic E-state index is -0.896. The highest BCUT2D eigenvalue weighted by Crippen LogP contribution is 2.13. The van der Waals surface area contributed by atoms with E-state index in [9.17, 15) is 4.79 Å². The molecule has 0 amide bonds. The molecule has 1 unspecified atom stereocenters. The minimum absolute atomic E-state index is 0.358. The highest BCUT2D eigenvalue weighted by Gasteiger charge is 2.15. The number of benzene rings is 1. The zero-order valence-corrected chi connectivity index (χ0v) is 9.99. The lowest BCUT2D eigenvalue weighted by Gasteiger charge is -2.13. The van der Waals surface area contributed by atoms with Crippen molar-refractivity contribution in [1.29, 1.82) is 0 Å². The van der Waals surface area contributed by atoms with E-state index in [0.717, 1.165) is 11.1 Å². The summed E-state index contributed by atoms with van der Waals surface area (Å²) in [5.74, 6) is -0.896. The van der Waals surface area contributed by atoms with E-state index in [0.29, 0.717) is 13.0 Å². The molecule has 0 heterocycles. The average Bonchev–Trinajstić information content (AvgIpc) is 2.21. The van der Waals surface area contributed by atoms with Crippen LogP contribution in [0.3, 0.4) is 0 Å². The maximum atomic E-state index is 10.8. The number of rotatable bonds is 5. The van der Waals surface area contributed by atoms with Gasteiger partial charge in [-0.2, -0.15) is 0 Å². The van der Waals surface area contributed by atoms with Gasteiger partial charge in [0, 0.05) is 0 Å². The van der Waals surface area contributed by atoms with Crippen LogP contribution in [0.5, 0.6) is 0 Å². The molecule has 88 valence electrons. The Labute approximate surface area is 96.1 Å². The Hall–Kier alpha value is -1.35. The third-order valence-electron chi connectivity index (χ3n) is 2.58. The number of carboxylic acids is 1. The maximum absolute atomic E-state index is 10.8. The normalized spacial score (nSPS) is 12.4. The number of carbonyl (C=O) groups is 1. The Morgan fingerprint density at radius 3 is 2.62 bits per heavy atom. The van der Waals surface area contributed by atoms with Gasteiger partial charge < -0.3 is 9.84 Å². The number of hydrogen-bond donors (Lipinski definition) is 1. The molecular formula is C13H18O3. The fraction of sp³-hybridized carbons (Fsp3) is 0.462. The molecule has 0 aliphatic rings. The molecule has 3 heteroatoms. The topological polar surface area (TPSA) is 46.5 Å². The van der Waals surface area contributed by atoms with Gasteiger partial charge in [0.2, 0.25) is 0 Å². The van der Waals surface area contributed by atoms with E-state index < -0.39 is 12.1 Å². The summed E-state index contributed by atoms with van der Waals surface area (Å²) in [6, 6.07) is 6.06. The van der Waals surface area contributed by atoms with Crippen molar-refractivity contribution in [3.8, 4) is 0 Å². The summed E-state index contributed by atoms with van der Waals surface area (Å²) in [5, 5.41) is 8.84. The van der Waals surface area contributed by atoms with Crippen LogP contribution in [0.25, 0.3) is 0 Å². The summed E-state index contributed by atoms with van der Waals surface area (Å²) in [5.41, 5.74) is 3.39. The quantitative estimate of drug-likeness (QED) is 0.833. The SMILES string of the molecule is CCC(OCc1ccc(C)cc1C)C(=O)O. The van der Waals surface area contributed by atoms with Crippen molar-refractivity contribution in [1.82, 2.24) is 0 Å². The van der Waals surface area contributed by atoms with E-state index in [1.54, 1.807) is 6.92 Å². The summed E-state index contributed by atoms with van der Waals surface area (Å²) < 4.78 is 5.36. The van der Waals surface area contributed by atoms with Crippen LogP contribution in [-0.2, 0) is 16.1 Å². The van der Waals surface area contributed by atoms with E-state index in [2.05, 4.69) is 6.07 Å². The Bertz CT molecular complexity index is 371. The molecule has 0 bridgehead atoms. The molecule has 1 aromatic carbocycles. The summed E-state index contributed by atoms with van der Waals surface area (Å²) in [6.45, 7) is 6.20. The number of carboxylic acid groups (broad SMARTS) is 1. The first-order valence-corrected chi connectivity index (χ1v) is 5.45. The van der Waals surface area contributed by atoms with Crippen molar-refractivity contribution in [2.45, 2.75) is 39.9 Å². The van der Waals surface area contributed by atoms with Crippen LogP contribution in [0.4, 0.5) is 0 Å². The van der Waals surface area contributed by atoms with Gasteiger partial charge in [-0.25, -0.2) is 4.79 Å². The lowest BCUT2D eigenvalue weighted by Crippen LogP contribution is -2.22. The van der Waals surface area contributed by atoms with Gasteiger partial charge in [0.1, 0.15) is 0 Å². The predicted octanol–water partition coefficient (Wildman–Crippen LogP) is 2.68. The first kappa shape index (κ1) is 12.7. The highest BCUT2D eigenvalue weighted by atomic mass is 16.5. The summed E-state index contributed by atoms with van der Waals surface area (Å²) in [6.07, 6.45) is -0.221. The summed E-state index contributed by atoms with van der Waals surface area (Å²) in [4.78, 5) is 10.8. The smallest absolute Gasteiger partial charge is 0.332 e. The van der Waals surface area contributed by atoms with Crippen LogP contribution in [-0.4, -0.2) is 17.2 Å². The molecule has 0 aromatic heterocycles. The lowest BCUT2D eigenvalue weighted by molar-refractivity contribution is -0.151. The number of hydrogen-bond acceptors (Lipinski definition) is 2. The third kappa shape index (κ3) is 3.35. The summed E-state index contributed by atoms with van der Waals surface area (Å²) >= 11 is 0. The van der Waals surface area contributed by atoms with E-state index >= 15 is 0 Å². The predicted molar refractivity (Wildman–Crippen MR) is 62.4 cm³/mol. The minimum Gasteiger partial charge on any atom is -0.479 e. The molecule has 3 nitrogen and oxygen atoms in total. The molecule has 0 aliphatic heterocycles. The van der Waals surface area contributed by atoms with Gasteiger partial charge in [0.25, 0.3) is 0 Å². The van der Waals surface area contributed by atoms with Crippen LogP contribution in [0.2, 0.25) is 0 Å². The van der Waals surface area contributed by atoms with Crippen molar-refractivity contribution in [3.63, 3.8) is 0 Å². The number of ether oxygens (including phenoxy) is 1. The molecule has 0 aliphatic carbocycles. The van der Waals surface area contributed by atoms with Crippen LogP contribution in [0.15, 0.2) is 18.2 Å². The fourth-order valence-electron chi connectivity index (χ4n) is 1.56. The first-order chi connectivity index (χ1) is 7.54. The van der Waals surface area contributed by atoms with Gasteiger partial charge in [-0.3, -0.25) is 0 Å². The lowest BCUT2D eigenvalue weighted by atomic mass is 10.1. The number of aliphatic carboxylic acids is 1. The molecule has 0 saturated carbocycles. The molecule has 0 saturated heterocycles. The molecule has 1 rings (SSSR count). The second kappa shape index (κ2) is 5.66. The Morgan fingerprint density at radius 1 is 1.44 bits per heavy atom. The van der Waals surface area contributed by atoms with Crippen molar-refractivity contribution in [2.24, 2.45) is 0 Å².